The topological polar surface area (TPSA) is 82.6 Å². The molecule has 0 N–H and O–H groups in total. The van der Waals surface area contributed by atoms with Crippen LogP contribution in [0.5, 0.6) is 11.5 Å². The first-order chi connectivity index (χ1) is 12.4. The van der Waals surface area contributed by atoms with E-state index in [2.05, 4.69) is 4.98 Å². The molecule has 3 aromatic rings. The third kappa shape index (κ3) is 3.01. The molecule has 26 heavy (non-hydrogen) atoms. The molecule has 0 aliphatic carbocycles. The number of benzene rings is 2. The SMILES string of the molecule is Cc1ccc2cccc(OS(=O)(=O)c3ccc4c(c3)CCC(=O)O4)c2n1. The molecule has 0 saturated carbocycles. The van der Waals surface area contributed by atoms with Crippen LogP contribution in [0.4, 0.5) is 0 Å². The molecule has 1 aromatic heterocycles. The van der Waals surface area contributed by atoms with Gasteiger partial charge in [-0.2, -0.15) is 8.42 Å². The van der Waals surface area contributed by atoms with E-state index < -0.39 is 10.1 Å². The van der Waals surface area contributed by atoms with Crippen LogP contribution in [-0.4, -0.2) is 19.4 Å². The van der Waals surface area contributed by atoms with Gasteiger partial charge in [-0.3, -0.25) is 4.79 Å². The molecule has 0 bridgehead atoms. The van der Waals surface area contributed by atoms with Crippen molar-refractivity contribution in [3.8, 4) is 11.5 Å². The summed E-state index contributed by atoms with van der Waals surface area (Å²) in [6.45, 7) is 1.83. The Kier molecular flexibility index (Phi) is 3.88. The second-order valence-electron chi connectivity index (χ2n) is 6.06. The number of esters is 1. The van der Waals surface area contributed by atoms with Gasteiger partial charge in [-0.25, -0.2) is 4.98 Å². The average Bonchev–Trinajstić information content (AvgIpc) is 2.61. The van der Waals surface area contributed by atoms with Gasteiger partial charge in [0.25, 0.3) is 0 Å². The minimum absolute atomic E-state index is 0.0128. The van der Waals surface area contributed by atoms with Crippen molar-refractivity contribution in [1.82, 2.24) is 4.98 Å². The summed E-state index contributed by atoms with van der Waals surface area (Å²) < 4.78 is 35.9. The molecule has 0 saturated heterocycles. The second-order valence-corrected chi connectivity index (χ2v) is 7.61. The van der Waals surface area contributed by atoms with E-state index >= 15 is 0 Å². The number of pyridine rings is 1. The molecule has 0 unspecified atom stereocenters. The number of ether oxygens (including phenoxy) is 1. The van der Waals surface area contributed by atoms with Gasteiger partial charge in [0.05, 0.1) is 6.42 Å². The van der Waals surface area contributed by atoms with E-state index in [1.165, 1.54) is 18.2 Å². The fourth-order valence-electron chi connectivity index (χ4n) is 2.87. The smallest absolute Gasteiger partial charge is 0.339 e. The van der Waals surface area contributed by atoms with Crippen LogP contribution in [0.3, 0.4) is 0 Å². The molecule has 4 rings (SSSR count). The van der Waals surface area contributed by atoms with Crippen molar-refractivity contribution in [2.45, 2.75) is 24.7 Å². The fraction of sp³-hybridized carbons (Fsp3) is 0.158. The zero-order valence-electron chi connectivity index (χ0n) is 13.9. The maximum Gasteiger partial charge on any atom is 0.339 e. The minimum Gasteiger partial charge on any atom is -0.426 e. The first-order valence-electron chi connectivity index (χ1n) is 8.07. The zero-order valence-corrected chi connectivity index (χ0v) is 14.7. The largest absolute Gasteiger partial charge is 0.426 e. The molecule has 1 aliphatic heterocycles. The highest BCUT2D eigenvalue weighted by molar-refractivity contribution is 7.87. The van der Waals surface area contributed by atoms with Gasteiger partial charge in [0, 0.05) is 11.1 Å². The number of hydrogen-bond acceptors (Lipinski definition) is 6. The highest BCUT2D eigenvalue weighted by Gasteiger charge is 2.23. The molecule has 0 atom stereocenters. The molecule has 7 heteroatoms. The Morgan fingerprint density at radius 1 is 1.08 bits per heavy atom. The number of hydrogen-bond donors (Lipinski definition) is 0. The van der Waals surface area contributed by atoms with E-state index in [9.17, 15) is 13.2 Å². The predicted molar refractivity (Wildman–Crippen MR) is 94.7 cm³/mol. The zero-order chi connectivity index (χ0) is 18.3. The molecule has 1 aliphatic rings. The lowest BCUT2D eigenvalue weighted by Gasteiger charge is -2.16. The van der Waals surface area contributed by atoms with Crippen molar-refractivity contribution in [2.75, 3.05) is 0 Å². The number of aromatic nitrogens is 1. The predicted octanol–water partition coefficient (Wildman–Crippen LogP) is 3.16. The van der Waals surface area contributed by atoms with Gasteiger partial charge in [0.15, 0.2) is 5.75 Å². The summed E-state index contributed by atoms with van der Waals surface area (Å²) in [5.41, 5.74) is 1.92. The number of rotatable bonds is 3. The Balaban J connectivity index is 1.72. The van der Waals surface area contributed by atoms with Gasteiger partial charge < -0.3 is 8.92 Å². The van der Waals surface area contributed by atoms with Crippen LogP contribution >= 0.6 is 0 Å². The molecule has 0 fully saturated rings. The van der Waals surface area contributed by atoms with E-state index in [4.69, 9.17) is 8.92 Å². The van der Waals surface area contributed by atoms with Crippen LogP contribution in [0.15, 0.2) is 53.4 Å². The van der Waals surface area contributed by atoms with Crippen LogP contribution in [0, 0.1) is 6.92 Å². The monoisotopic (exact) mass is 369 g/mol. The van der Waals surface area contributed by atoms with Crippen molar-refractivity contribution in [1.29, 1.82) is 0 Å². The molecule has 132 valence electrons. The van der Waals surface area contributed by atoms with Crippen molar-refractivity contribution in [2.24, 2.45) is 0 Å². The molecule has 0 amide bonds. The summed E-state index contributed by atoms with van der Waals surface area (Å²) in [7, 11) is -4.05. The number of carbonyl (C=O) groups is 1. The fourth-order valence-corrected chi connectivity index (χ4v) is 3.86. The minimum atomic E-state index is -4.05. The molecule has 2 aromatic carbocycles. The van der Waals surface area contributed by atoms with Gasteiger partial charge in [-0.15, -0.1) is 0 Å². The van der Waals surface area contributed by atoms with Crippen LogP contribution in [-0.2, 0) is 21.3 Å². The quantitative estimate of drug-likeness (QED) is 0.401. The van der Waals surface area contributed by atoms with Crippen molar-refractivity contribution >= 4 is 27.0 Å². The molecular weight excluding hydrogens is 354 g/mol. The summed E-state index contributed by atoms with van der Waals surface area (Å²) in [5, 5.41) is 0.792. The maximum atomic E-state index is 12.7. The summed E-state index contributed by atoms with van der Waals surface area (Å²) in [6, 6.07) is 13.2. The van der Waals surface area contributed by atoms with E-state index in [1.54, 1.807) is 12.1 Å². The van der Waals surface area contributed by atoms with Crippen molar-refractivity contribution in [3.63, 3.8) is 0 Å². The summed E-state index contributed by atoms with van der Waals surface area (Å²) in [5.74, 6) is 0.250. The highest BCUT2D eigenvalue weighted by atomic mass is 32.2. The second kappa shape index (κ2) is 6.10. The van der Waals surface area contributed by atoms with E-state index in [0.717, 1.165) is 11.1 Å². The molecule has 0 radical (unpaired) electrons. The molecular formula is C19H15NO5S. The number of fused-ring (bicyclic) bond motifs is 2. The van der Waals surface area contributed by atoms with Crippen LogP contribution < -0.4 is 8.92 Å². The Labute approximate surface area is 150 Å². The normalized spacial score (nSPS) is 14.0. The lowest BCUT2D eigenvalue weighted by Crippen LogP contribution is -2.17. The Morgan fingerprint density at radius 2 is 1.92 bits per heavy atom. The molecule has 6 nitrogen and oxygen atoms in total. The van der Waals surface area contributed by atoms with Gasteiger partial charge in [-0.1, -0.05) is 18.2 Å². The number of nitrogens with zero attached hydrogens (tertiary/aromatic N) is 1. The standard InChI is InChI=1S/C19H15NO5S/c1-12-5-6-13-3-2-4-17(19(13)20-12)25-26(22,23)15-8-9-16-14(11-15)7-10-18(21)24-16/h2-6,8-9,11H,7,10H2,1H3. The Bertz CT molecular complexity index is 1140. The van der Waals surface area contributed by atoms with E-state index in [1.807, 2.05) is 25.1 Å². The van der Waals surface area contributed by atoms with Crippen LogP contribution in [0.1, 0.15) is 17.7 Å². The first-order valence-corrected chi connectivity index (χ1v) is 9.48. The molecule has 2 heterocycles. The summed E-state index contributed by atoms with van der Waals surface area (Å²) in [6.07, 6.45) is 0.663. The number of aryl methyl sites for hydroxylation is 2. The van der Waals surface area contributed by atoms with Gasteiger partial charge >= 0.3 is 16.1 Å². The van der Waals surface area contributed by atoms with Crippen molar-refractivity contribution < 1.29 is 22.1 Å². The van der Waals surface area contributed by atoms with Crippen LogP contribution in [0.25, 0.3) is 10.9 Å². The maximum absolute atomic E-state index is 12.7. The van der Waals surface area contributed by atoms with Gasteiger partial charge in [0.1, 0.15) is 16.2 Å². The third-order valence-corrected chi connectivity index (χ3v) is 5.40. The highest BCUT2D eigenvalue weighted by Crippen LogP contribution is 2.31. The first kappa shape index (κ1) is 16.5. The Morgan fingerprint density at radius 3 is 2.77 bits per heavy atom. The average molecular weight is 369 g/mol. The number of para-hydroxylation sites is 1. The lowest BCUT2D eigenvalue weighted by atomic mass is 10.1. The molecule has 0 spiro atoms. The van der Waals surface area contributed by atoms with Crippen LogP contribution in [0.2, 0.25) is 0 Å². The Hall–Kier alpha value is -2.93. The van der Waals surface area contributed by atoms with Gasteiger partial charge in [-0.05, 0) is 49.2 Å². The summed E-state index contributed by atoms with van der Waals surface area (Å²) >= 11 is 0. The number of carbonyl (C=O) groups excluding carboxylic acids is 1. The van der Waals surface area contributed by atoms with Crippen molar-refractivity contribution in [3.05, 3.63) is 59.8 Å². The summed E-state index contributed by atoms with van der Waals surface area (Å²) in [4.78, 5) is 15.7. The lowest BCUT2D eigenvalue weighted by molar-refractivity contribution is -0.135. The third-order valence-electron chi connectivity index (χ3n) is 4.16. The van der Waals surface area contributed by atoms with E-state index in [0.29, 0.717) is 23.3 Å². The van der Waals surface area contributed by atoms with Gasteiger partial charge in [0.2, 0.25) is 0 Å². The van der Waals surface area contributed by atoms with E-state index in [-0.39, 0.29) is 23.0 Å².